The Morgan fingerprint density at radius 1 is 1.36 bits per heavy atom. The Morgan fingerprint density at radius 2 is 2.25 bits per heavy atom. The normalized spacial score (nSPS) is 16.9. The van der Waals surface area contributed by atoms with E-state index in [1.54, 1.807) is 11.6 Å². The smallest absolute Gasteiger partial charge is 0.254 e. The molecule has 1 atom stereocenters. The molecule has 4 rings (SSSR count). The number of aromatic nitrogens is 4. The highest BCUT2D eigenvalue weighted by atomic mass is 16.5. The van der Waals surface area contributed by atoms with Crippen LogP contribution in [0.3, 0.4) is 0 Å². The summed E-state index contributed by atoms with van der Waals surface area (Å²) in [7, 11) is 1.64. The molecule has 8 heteroatoms. The molecule has 0 aliphatic carbocycles. The van der Waals surface area contributed by atoms with Crippen LogP contribution < -0.4 is 15.0 Å². The van der Waals surface area contributed by atoms with Crippen molar-refractivity contribution in [3.05, 3.63) is 47.9 Å². The SMILES string of the molecule is COc1cccc(CNC(=O)C2CCCN(c3cc(C)nc4ncnn34)C2)c1. The van der Waals surface area contributed by atoms with Crippen LogP contribution in [0.4, 0.5) is 5.82 Å². The summed E-state index contributed by atoms with van der Waals surface area (Å²) in [5, 5.41) is 7.35. The van der Waals surface area contributed by atoms with Crippen LogP contribution in [-0.2, 0) is 11.3 Å². The Hall–Kier alpha value is -3.16. The Morgan fingerprint density at radius 3 is 3.11 bits per heavy atom. The number of amides is 1. The van der Waals surface area contributed by atoms with Crippen molar-refractivity contribution < 1.29 is 9.53 Å². The van der Waals surface area contributed by atoms with Gasteiger partial charge in [0.2, 0.25) is 5.91 Å². The lowest BCUT2D eigenvalue weighted by atomic mass is 9.97. The van der Waals surface area contributed by atoms with Crippen molar-refractivity contribution in [2.75, 3.05) is 25.1 Å². The van der Waals surface area contributed by atoms with Gasteiger partial charge in [0.05, 0.1) is 13.0 Å². The molecule has 1 unspecified atom stereocenters. The van der Waals surface area contributed by atoms with Crippen molar-refractivity contribution in [3.63, 3.8) is 0 Å². The summed E-state index contributed by atoms with van der Waals surface area (Å²) < 4.78 is 6.98. The molecule has 8 nitrogen and oxygen atoms in total. The number of methoxy groups -OCH3 is 1. The van der Waals surface area contributed by atoms with Crippen molar-refractivity contribution in [3.8, 4) is 5.75 Å². The highest BCUT2D eigenvalue weighted by molar-refractivity contribution is 5.79. The molecule has 28 heavy (non-hydrogen) atoms. The number of ether oxygens (including phenoxy) is 1. The van der Waals surface area contributed by atoms with E-state index in [1.807, 2.05) is 37.3 Å². The number of hydrogen-bond donors (Lipinski definition) is 1. The molecule has 1 aliphatic heterocycles. The summed E-state index contributed by atoms with van der Waals surface area (Å²) in [6.07, 6.45) is 3.34. The second-order valence-corrected chi connectivity index (χ2v) is 7.08. The third-order valence-electron chi connectivity index (χ3n) is 5.08. The highest BCUT2D eigenvalue weighted by Gasteiger charge is 2.27. The number of nitrogens with zero attached hydrogens (tertiary/aromatic N) is 5. The minimum absolute atomic E-state index is 0.0635. The predicted molar refractivity (Wildman–Crippen MR) is 105 cm³/mol. The summed E-state index contributed by atoms with van der Waals surface area (Å²) in [6.45, 7) is 3.98. The summed E-state index contributed by atoms with van der Waals surface area (Å²) >= 11 is 0. The first-order chi connectivity index (χ1) is 13.6. The molecule has 0 spiro atoms. The molecule has 1 fully saturated rings. The van der Waals surface area contributed by atoms with Crippen molar-refractivity contribution in [1.29, 1.82) is 0 Å². The number of carbonyl (C=O) groups is 1. The van der Waals surface area contributed by atoms with Gasteiger partial charge >= 0.3 is 0 Å². The van der Waals surface area contributed by atoms with Crippen LogP contribution in [-0.4, -0.2) is 45.7 Å². The number of nitrogens with one attached hydrogen (secondary N) is 1. The minimum Gasteiger partial charge on any atom is -0.497 e. The van der Waals surface area contributed by atoms with E-state index in [-0.39, 0.29) is 11.8 Å². The maximum atomic E-state index is 12.8. The number of carbonyl (C=O) groups excluding carboxylic acids is 1. The van der Waals surface area contributed by atoms with E-state index in [2.05, 4.69) is 25.3 Å². The lowest BCUT2D eigenvalue weighted by molar-refractivity contribution is -0.125. The summed E-state index contributed by atoms with van der Waals surface area (Å²) in [5.41, 5.74) is 1.91. The van der Waals surface area contributed by atoms with Crippen LogP contribution in [0.2, 0.25) is 0 Å². The second-order valence-electron chi connectivity index (χ2n) is 7.08. The molecule has 146 valence electrons. The first kappa shape index (κ1) is 18.2. The fourth-order valence-electron chi connectivity index (χ4n) is 3.65. The molecular weight excluding hydrogens is 356 g/mol. The van der Waals surface area contributed by atoms with E-state index >= 15 is 0 Å². The number of anilines is 1. The largest absolute Gasteiger partial charge is 0.497 e. The maximum absolute atomic E-state index is 12.8. The van der Waals surface area contributed by atoms with Crippen LogP contribution in [0.1, 0.15) is 24.1 Å². The number of fused-ring (bicyclic) bond motifs is 1. The quantitative estimate of drug-likeness (QED) is 0.729. The molecule has 2 aromatic heterocycles. The standard InChI is InChI=1S/C20H24N6O2/c1-14-9-18(26-20(24-14)22-13-23-26)25-8-4-6-16(12-25)19(27)21-11-15-5-3-7-17(10-15)28-2/h3,5,7,9-10,13,16H,4,6,8,11-12H2,1-2H3,(H,21,27). The van der Waals surface area contributed by atoms with Gasteiger partial charge in [-0.3, -0.25) is 4.79 Å². The average Bonchev–Trinajstić information content (AvgIpc) is 3.20. The first-order valence-electron chi connectivity index (χ1n) is 9.47. The summed E-state index contributed by atoms with van der Waals surface area (Å²) in [5.74, 6) is 2.32. The fraction of sp³-hybridized carbons (Fsp3) is 0.400. The number of rotatable bonds is 5. The molecular formula is C20H24N6O2. The van der Waals surface area contributed by atoms with E-state index in [9.17, 15) is 4.79 Å². The van der Waals surface area contributed by atoms with Gasteiger partial charge in [-0.2, -0.15) is 14.6 Å². The third-order valence-corrected chi connectivity index (χ3v) is 5.08. The molecule has 1 N–H and O–H groups in total. The second kappa shape index (κ2) is 7.84. The summed E-state index contributed by atoms with van der Waals surface area (Å²) in [4.78, 5) is 23.6. The molecule has 1 amide bonds. The molecule has 0 radical (unpaired) electrons. The van der Waals surface area contributed by atoms with Gasteiger partial charge in [-0.05, 0) is 37.5 Å². The third kappa shape index (κ3) is 3.76. The van der Waals surface area contributed by atoms with Gasteiger partial charge in [-0.1, -0.05) is 12.1 Å². The Bertz CT molecular complexity index is 986. The lowest BCUT2D eigenvalue weighted by Gasteiger charge is -2.33. The van der Waals surface area contributed by atoms with Gasteiger partial charge in [-0.15, -0.1) is 0 Å². The van der Waals surface area contributed by atoms with Gasteiger partial charge in [0, 0.05) is 31.4 Å². The van der Waals surface area contributed by atoms with E-state index in [4.69, 9.17) is 4.74 Å². The minimum atomic E-state index is -0.0635. The van der Waals surface area contributed by atoms with Crippen LogP contribution in [0, 0.1) is 12.8 Å². The van der Waals surface area contributed by atoms with Crippen LogP contribution >= 0.6 is 0 Å². The fourth-order valence-corrected chi connectivity index (χ4v) is 3.65. The molecule has 3 aromatic rings. The van der Waals surface area contributed by atoms with Gasteiger partial charge in [0.25, 0.3) is 5.78 Å². The Balaban J connectivity index is 1.44. The van der Waals surface area contributed by atoms with Gasteiger partial charge in [0.15, 0.2) is 0 Å². The van der Waals surface area contributed by atoms with Crippen LogP contribution in [0.5, 0.6) is 5.75 Å². The molecule has 0 bridgehead atoms. The highest BCUT2D eigenvalue weighted by Crippen LogP contribution is 2.24. The lowest BCUT2D eigenvalue weighted by Crippen LogP contribution is -2.43. The number of benzene rings is 1. The van der Waals surface area contributed by atoms with E-state index in [0.717, 1.165) is 42.2 Å². The van der Waals surface area contributed by atoms with E-state index < -0.39 is 0 Å². The zero-order valence-corrected chi connectivity index (χ0v) is 16.1. The van der Waals surface area contributed by atoms with E-state index in [1.165, 1.54) is 6.33 Å². The Labute approximate surface area is 163 Å². The van der Waals surface area contributed by atoms with Crippen molar-refractivity contribution in [2.24, 2.45) is 5.92 Å². The first-order valence-corrected chi connectivity index (χ1v) is 9.47. The average molecular weight is 380 g/mol. The summed E-state index contributed by atoms with van der Waals surface area (Å²) in [6, 6.07) is 9.74. The molecule has 1 aromatic carbocycles. The predicted octanol–water partition coefficient (Wildman–Crippen LogP) is 1.97. The zero-order valence-electron chi connectivity index (χ0n) is 16.1. The molecule has 1 saturated heterocycles. The van der Waals surface area contributed by atoms with Gasteiger partial charge in [0.1, 0.15) is 17.9 Å². The topological polar surface area (TPSA) is 84.6 Å². The number of piperidine rings is 1. The van der Waals surface area contributed by atoms with Crippen molar-refractivity contribution in [1.82, 2.24) is 24.9 Å². The van der Waals surface area contributed by atoms with Crippen molar-refractivity contribution in [2.45, 2.75) is 26.3 Å². The molecule has 0 saturated carbocycles. The van der Waals surface area contributed by atoms with E-state index in [0.29, 0.717) is 18.9 Å². The molecule has 1 aliphatic rings. The van der Waals surface area contributed by atoms with Gasteiger partial charge < -0.3 is 15.0 Å². The Kier molecular flexibility index (Phi) is 5.10. The van der Waals surface area contributed by atoms with Crippen LogP contribution in [0.25, 0.3) is 5.78 Å². The number of aryl methyl sites for hydroxylation is 1. The zero-order chi connectivity index (χ0) is 19.5. The van der Waals surface area contributed by atoms with Gasteiger partial charge in [-0.25, -0.2) is 4.98 Å². The maximum Gasteiger partial charge on any atom is 0.254 e. The van der Waals surface area contributed by atoms with Crippen molar-refractivity contribution >= 4 is 17.5 Å². The molecule has 3 heterocycles. The monoisotopic (exact) mass is 380 g/mol. The number of hydrogen-bond acceptors (Lipinski definition) is 6. The van der Waals surface area contributed by atoms with Crippen LogP contribution in [0.15, 0.2) is 36.7 Å².